The fraction of sp³-hybridized carbons (Fsp3) is 0.510. The first-order valence-electron chi connectivity index (χ1n) is 22.5. The molecule has 0 heterocycles. The molecule has 5 rings (SSSR count). The smallest absolute Gasteiger partial charge is 0.207 e. The number of hydrogen-bond donors (Lipinski definition) is 0. The number of benzene rings is 4. The summed E-state index contributed by atoms with van der Waals surface area (Å²) in [5, 5.41) is 0. The van der Waals surface area contributed by atoms with Crippen LogP contribution in [-0.4, -0.2) is 102 Å². The van der Waals surface area contributed by atoms with Crippen molar-refractivity contribution in [2.75, 3.05) is 39.3 Å². The molecule has 0 N–H and O–H groups in total. The molecular weight excluding hydrogens is 901 g/mol. The van der Waals surface area contributed by atoms with Crippen LogP contribution in [0.15, 0.2) is 68.1 Å². The summed E-state index contributed by atoms with van der Waals surface area (Å²) in [6.07, 6.45) is 0.489. The summed E-state index contributed by atoms with van der Waals surface area (Å²) in [5.74, 6) is 0. The Morgan fingerprint density at radius 3 is 0.800 bits per heavy atom. The van der Waals surface area contributed by atoms with E-state index in [0.29, 0.717) is 44.5 Å². The maximum absolute atomic E-state index is 15.1. The van der Waals surface area contributed by atoms with Crippen LogP contribution in [0, 0.1) is 83.1 Å². The maximum Gasteiger partial charge on any atom is 0.243 e. The first kappa shape index (κ1) is 52.5. The van der Waals surface area contributed by atoms with Gasteiger partial charge in [0, 0.05) is 51.4 Å². The van der Waals surface area contributed by atoms with E-state index in [-0.39, 0.29) is 78.1 Å². The minimum atomic E-state index is -4.27. The van der Waals surface area contributed by atoms with Gasteiger partial charge in [0.1, 0.15) is 0 Å². The summed E-state index contributed by atoms with van der Waals surface area (Å²) >= 11 is 0. The Hall–Kier alpha value is -3.48. The first-order valence-corrected chi connectivity index (χ1v) is 28.2. The van der Waals surface area contributed by atoms with Gasteiger partial charge < -0.3 is 0 Å². The predicted molar refractivity (Wildman–Crippen MR) is 261 cm³/mol. The minimum absolute atomic E-state index is 0.0336. The van der Waals surface area contributed by atoms with Crippen LogP contribution in [0.25, 0.3) is 0 Å². The lowest BCUT2D eigenvalue weighted by molar-refractivity contribution is 0.314. The lowest BCUT2D eigenvalue weighted by atomic mass is 10.1. The Bertz CT molecular complexity index is 2630. The maximum atomic E-state index is 15.1. The molecule has 0 bridgehead atoms. The lowest BCUT2D eigenvalue weighted by Gasteiger charge is -2.30. The molecule has 1 fully saturated rings. The number of hydrogen-bond acceptors (Lipinski definition) is 8. The van der Waals surface area contributed by atoms with Crippen LogP contribution in [0.4, 0.5) is 0 Å². The van der Waals surface area contributed by atoms with Crippen molar-refractivity contribution in [1.82, 2.24) is 17.2 Å². The third-order valence-corrected chi connectivity index (χ3v) is 21.5. The van der Waals surface area contributed by atoms with Gasteiger partial charge in [-0.3, -0.25) is 0 Å². The van der Waals surface area contributed by atoms with E-state index in [2.05, 4.69) is 0 Å². The second-order valence-corrected chi connectivity index (χ2v) is 25.6. The quantitative estimate of drug-likeness (QED) is 0.0858. The van der Waals surface area contributed by atoms with Crippen LogP contribution in [0.2, 0.25) is 0 Å². The van der Waals surface area contributed by atoms with Crippen LogP contribution in [-0.2, 0) is 40.1 Å². The van der Waals surface area contributed by atoms with E-state index in [1.165, 1.54) is 17.2 Å². The summed E-state index contributed by atoms with van der Waals surface area (Å²) in [6, 6.07) is 13.0. The predicted octanol–water partition coefficient (Wildman–Crippen LogP) is 8.41. The Labute approximate surface area is 391 Å². The van der Waals surface area contributed by atoms with E-state index >= 15 is 16.8 Å². The third kappa shape index (κ3) is 10.8. The van der Waals surface area contributed by atoms with Crippen molar-refractivity contribution in [2.45, 2.75) is 148 Å². The van der Waals surface area contributed by atoms with Gasteiger partial charge in [-0.15, -0.1) is 0 Å². The van der Waals surface area contributed by atoms with Gasteiger partial charge in [0.2, 0.25) is 40.1 Å². The van der Waals surface area contributed by atoms with Crippen molar-refractivity contribution >= 4 is 40.1 Å². The van der Waals surface area contributed by atoms with Gasteiger partial charge in [-0.05, 0) is 147 Å². The van der Waals surface area contributed by atoms with Gasteiger partial charge in [-0.2, -0.15) is 17.2 Å². The second-order valence-electron chi connectivity index (χ2n) is 18.2. The Morgan fingerprint density at radius 1 is 0.369 bits per heavy atom. The van der Waals surface area contributed by atoms with Gasteiger partial charge in [0.25, 0.3) is 0 Å². The molecule has 12 nitrogen and oxygen atoms in total. The number of nitrogens with zero attached hydrogens (tertiary/aromatic N) is 4. The highest BCUT2D eigenvalue weighted by Gasteiger charge is 2.54. The number of rotatable bonds is 20. The van der Waals surface area contributed by atoms with E-state index in [1.807, 2.05) is 76.2 Å². The molecule has 4 aromatic rings. The van der Waals surface area contributed by atoms with Gasteiger partial charge >= 0.3 is 0 Å². The zero-order valence-corrected chi connectivity index (χ0v) is 44.1. The molecule has 16 heteroatoms. The topological polar surface area (TPSA) is 150 Å². The van der Waals surface area contributed by atoms with Crippen LogP contribution in [0.1, 0.15) is 99.9 Å². The van der Waals surface area contributed by atoms with Gasteiger partial charge in [0.15, 0.2) is 0 Å². The third-order valence-electron chi connectivity index (χ3n) is 12.5. The molecule has 1 saturated carbocycles. The highest BCUT2D eigenvalue weighted by molar-refractivity contribution is 7.90. The highest BCUT2D eigenvalue weighted by atomic mass is 32.2. The lowest BCUT2D eigenvalue weighted by Crippen LogP contribution is -2.44. The zero-order chi connectivity index (χ0) is 48.7. The molecular formula is C49H70N4O8S4. The van der Waals surface area contributed by atoms with Crippen molar-refractivity contribution in [3.05, 3.63) is 115 Å². The molecule has 0 aliphatic heterocycles. The fourth-order valence-corrected chi connectivity index (χ4v) is 18.2. The monoisotopic (exact) mass is 970 g/mol. The molecule has 1 aliphatic rings. The van der Waals surface area contributed by atoms with E-state index < -0.39 is 52.2 Å². The zero-order valence-electron chi connectivity index (χ0n) is 40.8. The second kappa shape index (κ2) is 20.0. The number of sulfonamides is 4. The molecule has 4 aromatic carbocycles. The van der Waals surface area contributed by atoms with Crippen LogP contribution >= 0.6 is 0 Å². The van der Waals surface area contributed by atoms with E-state index in [0.717, 1.165) is 22.3 Å². The summed E-state index contributed by atoms with van der Waals surface area (Å²) in [6.45, 7) is 25.5. The van der Waals surface area contributed by atoms with Crippen LogP contribution in [0.3, 0.4) is 0 Å². The van der Waals surface area contributed by atoms with Crippen molar-refractivity contribution in [2.24, 2.45) is 0 Å². The molecule has 65 heavy (non-hydrogen) atoms. The van der Waals surface area contributed by atoms with Crippen LogP contribution in [0.5, 0.6) is 0 Å². The van der Waals surface area contributed by atoms with Gasteiger partial charge in [-0.1, -0.05) is 84.6 Å². The summed E-state index contributed by atoms with van der Waals surface area (Å²) in [4.78, 5) is 0.766. The largest absolute Gasteiger partial charge is 0.243 e. The molecule has 0 saturated heterocycles. The molecule has 0 radical (unpaired) electrons. The molecule has 1 aliphatic carbocycles. The Kier molecular flexibility index (Phi) is 16.2. The minimum Gasteiger partial charge on any atom is -0.207 e. The molecule has 0 spiro atoms. The van der Waals surface area contributed by atoms with Crippen molar-refractivity contribution in [1.29, 1.82) is 0 Å². The van der Waals surface area contributed by atoms with Gasteiger partial charge in [0.05, 0.1) is 19.6 Å². The van der Waals surface area contributed by atoms with E-state index in [1.54, 1.807) is 69.2 Å². The van der Waals surface area contributed by atoms with E-state index in [9.17, 15) is 16.8 Å². The van der Waals surface area contributed by atoms with Crippen molar-refractivity contribution in [3.8, 4) is 0 Å². The van der Waals surface area contributed by atoms with Crippen molar-refractivity contribution in [3.63, 3.8) is 0 Å². The SMILES string of the molecule is CCN(CCCN([C@H]1C[C@@H]1N(CCCN(CC)S(=O)(=O)c1c(C)cc(C)cc1C)S(=O)(=O)c1c(C)cc(C)cc1C)S(=O)(=O)c1c(C)cc(C)cc1C)S(=O)(=O)c1c(C)cc(C)cc1C. The first-order chi connectivity index (χ1) is 30.1. The molecule has 0 unspecified atom stereocenters. The van der Waals surface area contributed by atoms with Crippen LogP contribution < -0.4 is 0 Å². The standard InChI is InChI=1S/C49H70N4O8S4/c1-15-50(62(54,55)46-36(7)23-32(3)24-37(46)8)19-17-21-52(64(58,59)48-40(11)27-34(5)28-41(48)12)44-31-45(44)53(65(60,61)49-42(13)29-35(6)30-43(49)14)22-18-20-51(16-2)63(56,57)47-38(9)25-33(4)26-39(47)10/h23-30,44-45H,15-22,31H2,1-14H3/t44-,45-/m0/s1. The Morgan fingerprint density at radius 2 is 0.585 bits per heavy atom. The molecule has 0 aromatic heterocycles. The average molecular weight is 971 g/mol. The van der Waals surface area contributed by atoms with E-state index in [4.69, 9.17) is 0 Å². The average Bonchev–Trinajstić information content (AvgIpc) is 3.91. The molecule has 2 atom stereocenters. The molecule has 358 valence electrons. The summed E-state index contributed by atoms with van der Waals surface area (Å²) < 4.78 is 123. The van der Waals surface area contributed by atoms with Gasteiger partial charge in [-0.25, -0.2) is 33.7 Å². The fourth-order valence-electron chi connectivity index (χ4n) is 10.2. The normalized spacial score (nSPS) is 16.1. The summed E-state index contributed by atoms with van der Waals surface area (Å²) in [5.41, 5.74) is 8.48. The summed E-state index contributed by atoms with van der Waals surface area (Å²) in [7, 11) is -16.4. The van der Waals surface area contributed by atoms with Crippen molar-refractivity contribution < 1.29 is 33.7 Å². The Balaban J connectivity index is 1.54. The number of aryl methyl sites for hydroxylation is 12. The molecule has 0 amide bonds. The highest BCUT2D eigenvalue weighted by Crippen LogP contribution is 2.42.